The number of carbonyl (C=O) groups is 1. The third kappa shape index (κ3) is 2.57. The van der Waals surface area contributed by atoms with Crippen molar-refractivity contribution in [3.8, 4) is 0 Å². The zero-order valence-corrected chi connectivity index (χ0v) is 12.4. The van der Waals surface area contributed by atoms with Gasteiger partial charge in [0.25, 0.3) is 10.0 Å². The van der Waals surface area contributed by atoms with Crippen LogP contribution in [0, 0.1) is 6.92 Å². The van der Waals surface area contributed by atoms with E-state index in [1.807, 2.05) is 6.92 Å². The fraction of sp³-hybridized carbons (Fsp3) is 0.667. The van der Waals surface area contributed by atoms with Gasteiger partial charge in [-0.05, 0) is 33.1 Å². The number of aliphatic carboxylic acids is 1. The van der Waals surface area contributed by atoms with E-state index in [4.69, 9.17) is 0 Å². The molecule has 7 nitrogen and oxygen atoms in total. The summed E-state index contributed by atoms with van der Waals surface area (Å²) in [5.41, 5.74) is 0. The van der Waals surface area contributed by atoms with Crippen LogP contribution in [0.2, 0.25) is 0 Å². The Morgan fingerprint density at radius 1 is 1.50 bits per heavy atom. The maximum atomic E-state index is 12.6. The van der Waals surface area contributed by atoms with Crippen LogP contribution in [-0.4, -0.2) is 45.9 Å². The molecule has 1 atom stereocenters. The summed E-state index contributed by atoms with van der Waals surface area (Å²) < 4.78 is 27.9. The summed E-state index contributed by atoms with van der Waals surface area (Å²) in [6.07, 6.45) is 3.22. The fourth-order valence-electron chi connectivity index (χ4n) is 2.48. The lowest BCUT2D eigenvalue weighted by Gasteiger charge is -2.31. The Kier molecular flexibility index (Phi) is 4.14. The highest BCUT2D eigenvalue weighted by Crippen LogP contribution is 2.25. The number of carboxylic acids is 1. The van der Waals surface area contributed by atoms with Crippen LogP contribution >= 0.6 is 0 Å². The lowest BCUT2D eigenvalue weighted by molar-refractivity contribution is -0.142. The van der Waals surface area contributed by atoms with Gasteiger partial charge in [-0.2, -0.15) is 4.31 Å². The lowest BCUT2D eigenvalue weighted by atomic mass is 10.1. The number of rotatable bonds is 4. The highest BCUT2D eigenvalue weighted by molar-refractivity contribution is 7.89. The van der Waals surface area contributed by atoms with Crippen molar-refractivity contribution < 1.29 is 18.3 Å². The molecule has 2 heterocycles. The molecule has 0 saturated carbocycles. The number of carboxylic acid groups (broad SMARTS) is 1. The van der Waals surface area contributed by atoms with Crippen molar-refractivity contribution in [1.82, 2.24) is 13.9 Å². The monoisotopic (exact) mass is 301 g/mol. The molecular weight excluding hydrogens is 282 g/mol. The van der Waals surface area contributed by atoms with Crippen LogP contribution in [0.1, 0.15) is 32.0 Å². The quantitative estimate of drug-likeness (QED) is 0.889. The first-order valence-electron chi connectivity index (χ1n) is 6.66. The molecule has 0 bridgehead atoms. The summed E-state index contributed by atoms with van der Waals surface area (Å²) in [6.45, 7) is 4.48. The number of aryl methyl sites for hydroxylation is 2. The summed E-state index contributed by atoms with van der Waals surface area (Å²) in [6, 6.07) is -0.985. The van der Waals surface area contributed by atoms with E-state index in [1.54, 1.807) is 11.5 Å². The van der Waals surface area contributed by atoms with Gasteiger partial charge in [0.2, 0.25) is 0 Å². The molecule has 0 aromatic carbocycles. The second-order valence-electron chi connectivity index (χ2n) is 4.88. The van der Waals surface area contributed by atoms with Crippen molar-refractivity contribution in [3.63, 3.8) is 0 Å². The molecule has 0 spiro atoms. The summed E-state index contributed by atoms with van der Waals surface area (Å²) in [5, 5.41) is 9.13. The minimum atomic E-state index is -3.85. The van der Waals surface area contributed by atoms with Gasteiger partial charge in [0, 0.05) is 19.3 Å². The van der Waals surface area contributed by atoms with Gasteiger partial charge in [-0.25, -0.2) is 13.4 Å². The average Bonchev–Trinajstić information content (AvgIpc) is 2.80. The molecule has 1 saturated heterocycles. The van der Waals surface area contributed by atoms with Gasteiger partial charge in [0.05, 0.1) is 0 Å². The normalized spacial score (nSPS) is 21.0. The number of imidazole rings is 1. The molecule has 1 aliphatic heterocycles. The third-order valence-electron chi connectivity index (χ3n) is 3.61. The number of hydrogen-bond acceptors (Lipinski definition) is 4. The molecule has 20 heavy (non-hydrogen) atoms. The number of sulfonamides is 1. The topological polar surface area (TPSA) is 92.5 Å². The zero-order valence-electron chi connectivity index (χ0n) is 11.6. The number of piperidine rings is 1. The molecule has 1 aliphatic rings. The summed E-state index contributed by atoms with van der Waals surface area (Å²) in [7, 11) is -3.85. The van der Waals surface area contributed by atoms with Gasteiger partial charge in [-0.3, -0.25) is 4.79 Å². The van der Waals surface area contributed by atoms with Crippen LogP contribution in [0.15, 0.2) is 11.2 Å². The van der Waals surface area contributed by atoms with Gasteiger partial charge in [0.1, 0.15) is 11.9 Å². The molecule has 1 aromatic heterocycles. The Labute approximate surface area is 118 Å². The van der Waals surface area contributed by atoms with E-state index in [-0.39, 0.29) is 11.6 Å². The third-order valence-corrected chi connectivity index (χ3v) is 5.39. The summed E-state index contributed by atoms with van der Waals surface area (Å²) in [4.78, 5) is 15.3. The molecule has 0 amide bonds. The molecular formula is C12H19N3O4S. The van der Waals surface area contributed by atoms with Crippen molar-refractivity contribution in [3.05, 3.63) is 12.0 Å². The Morgan fingerprint density at radius 2 is 2.20 bits per heavy atom. The van der Waals surface area contributed by atoms with Crippen molar-refractivity contribution in [2.45, 2.75) is 50.7 Å². The SMILES string of the molecule is CCn1cc(S(=O)(=O)N2CCCCC2C(=O)O)nc1C. The van der Waals surface area contributed by atoms with Crippen LogP contribution in [-0.2, 0) is 21.4 Å². The van der Waals surface area contributed by atoms with Gasteiger partial charge >= 0.3 is 5.97 Å². The van der Waals surface area contributed by atoms with E-state index in [1.165, 1.54) is 6.20 Å². The van der Waals surface area contributed by atoms with E-state index in [9.17, 15) is 18.3 Å². The minimum Gasteiger partial charge on any atom is -0.480 e. The molecule has 1 fully saturated rings. The molecule has 2 rings (SSSR count). The standard InChI is InChI=1S/C12H19N3O4S/c1-3-14-8-11(13-9(14)2)20(18,19)15-7-5-4-6-10(15)12(16)17/h8,10H,3-7H2,1-2H3,(H,16,17). The van der Waals surface area contributed by atoms with Crippen molar-refractivity contribution in [2.24, 2.45) is 0 Å². The molecule has 0 aliphatic carbocycles. The number of hydrogen-bond donors (Lipinski definition) is 1. The first kappa shape index (κ1) is 15.0. The van der Waals surface area contributed by atoms with Crippen molar-refractivity contribution >= 4 is 16.0 Å². The van der Waals surface area contributed by atoms with E-state index in [0.29, 0.717) is 25.2 Å². The molecule has 1 unspecified atom stereocenters. The first-order chi connectivity index (χ1) is 9.37. The Balaban J connectivity index is 2.39. The van der Waals surface area contributed by atoms with Gasteiger partial charge in [-0.1, -0.05) is 0 Å². The van der Waals surface area contributed by atoms with Gasteiger partial charge in [0.15, 0.2) is 5.03 Å². The zero-order chi connectivity index (χ0) is 14.9. The second-order valence-corrected chi connectivity index (χ2v) is 6.72. The van der Waals surface area contributed by atoms with Crippen LogP contribution < -0.4 is 0 Å². The van der Waals surface area contributed by atoms with Gasteiger partial charge in [-0.15, -0.1) is 0 Å². The number of nitrogens with zero attached hydrogens (tertiary/aromatic N) is 3. The van der Waals surface area contributed by atoms with E-state index in [2.05, 4.69) is 4.98 Å². The van der Waals surface area contributed by atoms with E-state index < -0.39 is 22.0 Å². The second kappa shape index (κ2) is 5.53. The predicted molar refractivity (Wildman–Crippen MR) is 71.8 cm³/mol. The molecule has 8 heteroatoms. The summed E-state index contributed by atoms with van der Waals surface area (Å²) >= 11 is 0. The first-order valence-corrected chi connectivity index (χ1v) is 8.10. The number of aromatic nitrogens is 2. The van der Waals surface area contributed by atoms with Gasteiger partial charge < -0.3 is 9.67 Å². The Hall–Kier alpha value is -1.41. The Bertz CT molecular complexity index is 608. The van der Waals surface area contributed by atoms with Crippen molar-refractivity contribution in [2.75, 3.05) is 6.54 Å². The maximum absolute atomic E-state index is 12.6. The largest absolute Gasteiger partial charge is 0.480 e. The van der Waals surface area contributed by atoms with Crippen molar-refractivity contribution in [1.29, 1.82) is 0 Å². The van der Waals surface area contributed by atoms with E-state index >= 15 is 0 Å². The highest BCUT2D eigenvalue weighted by atomic mass is 32.2. The lowest BCUT2D eigenvalue weighted by Crippen LogP contribution is -2.47. The minimum absolute atomic E-state index is 0.0648. The summed E-state index contributed by atoms with van der Waals surface area (Å²) in [5.74, 6) is -0.491. The smallest absolute Gasteiger partial charge is 0.322 e. The Morgan fingerprint density at radius 3 is 2.75 bits per heavy atom. The predicted octanol–water partition coefficient (Wildman–Crippen LogP) is 0.839. The van der Waals surface area contributed by atoms with Crippen LogP contribution in [0.4, 0.5) is 0 Å². The fourth-order valence-corrected chi connectivity index (χ4v) is 4.13. The highest BCUT2D eigenvalue weighted by Gasteiger charge is 2.38. The molecule has 112 valence electrons. The van der Waals surface area contributed by atoms with E-state index in [0.717, 1.165) is 10.7 Å². The maximum Gasteiger partial charge on any atom is 0.322 e. The average molecular weight is 301 g/mol. The van der Waals surface area contributed by atoms with Crippen LogP contribution in [0.5, 0.6) is 0 Å². The molecule has 1 aromatic rings. The molecule has 1 N–H and O–H groups in total. The van der Waals surface area contributed by atoms with Crippen LogP contribution in [0.25, 0.3) is 0 Å². The van der Waals surface area contributed by atoms with Crippen LogP contribution in [0.3, 0.4) is 0 Å². The molecule has 0 radical (unpaired) electrons.